The smallest absolute Gasteiger partial charge is 0.274 e. The molecule has 2 fully saturated rings. The second-order valence-electron chi connectivity index (χ2n) is 12.6. The predicted molar refractivity (Wildman–Crippen MR) is 194 cm³/mol. The summed E-state index contributed by atoms with van der Waals surface area (Å²) in [5.74, 6) is 0.799. The lowest BCUT2D eigenvalue weighted by Gasteiger charge is -2.16. The van der Waals surface area contributed by atoms with Gasteiger partial charge in [0.2, 0.25) is 17.7 Å². The van der Waals surface area contributed by atoms with Crippen molar-refractivity contribution >= 4 is 35.0 Å². The van der Waals surface area contributed by atoms with Crippen molar-refractivity contribution < 1.29 is 23.9 Å². The third-order valence-corrected chi connectivity index (χ3v) is 9.50. The van der Waals surface area contributed by atoms with Crippen molar-refractivity contribution in [2.75, 3.05) is 32.6 Å². The largest absolute Gasteiger partial charge is 0.495 e. The highest BCUT2D eigenvalue weighted by atomic mass is 35.5. The molecule has 3 aromatic heterocycles. The Hall–Kier alpha value is -5.11. The molecule has 2 saturated heterocycles. The zero-order chi connectivity index (χ0) is 35.9. The van der Waals surface area contributed by atoms with E-state index in [0.29, 0.717) is 78.3 Å². The highest BCUT2D eigenvalue weighted by Crippen LogP contribution is 2.38. The number of methoxy groups -OCH3 is 2. The van der Waals surface area contributed by atoms with Crippen LogP contribution in [-0.2, 0) is 22.7 Å². The number of nitrogens with one attached hydrogen (secondary N) is 5. The number of carbonyl (C=O) groups excluding carboxylic acids is 3. The summed E-state index contributed by atoms with van der Waals surface area (Å²) >= 11 is 7.02. The first-order chi connectivity index (χ1) is 24.7. The van der Waals surface area contributed by atoms with Gasteiger partial charge in [0.1, 0.15) is 11.4 Å². The highest BCUT2D eigenvalue weighted by molar-refractivity contribution is 6.35. The minimum Gasteiger partial charge on any atom is -0.495 e. The molecular weight excluding hydrogens is 672 g/mol. The first-order valence-corrected chi connectivity index (χ1v) is 17.2. The van der Waals surface area contributed by atoms with Gasteiger partial charge < -0.3 is 36.1 Å². The van der Waals surface area contributed by atoms with Gasteiger partial charge in [-0.2, -0.15) is 0 Å². The number of rotatable bonds is 14. The van der Waals surface area contributed by atoms with Crippen molar-refractivity contribution in [3.63, 3.8) is 0 Å². The van der Waals surface area contributed by atoms with Crippen LogP contribution in [0.3, 0.4) is 0 Å². The molecule has 0 radical (unpaired) electrons. The van der Waals surface area contributed by atoms with Gasteiger partial charge in [0.25, 0.3) is 5.91 Å². The topological polar surface area (TPSA) is 168 Å². The Bertz CT molecular complexity index is 1940. The molecular formula is C37H41ClN8O5. The SMILES string of the molecule is COc1cnc(C(=O)Nc2cccc(-c3nccc(-c4ccc(CNC[C@@H]5CCC(=O)N5)c(OC)n4)c3Cl)c2C)cc1CNC[C@H]1CCC(=O)N1. The van der Waals surface area contributed by atoms with E-state index < -0.39 is 0 Å². The van der Waals surface area contributed by atoms with Crippen LogP contribution in [0.4, 0.5) is 5.69 Å². The second kappa shape index (κ2) is 16.3. The average molecular weight is 713 g/mol. The van der Waals surface area contributed by atoms with Crippen LogP contribution in [-0.4, -0.2) is 72.1 Å². The number of aromatic nitrogens is 3. The second-order valence-corrected chi connectivity index (χ2v) is 12.9. The first kappa shape index (κ1) is 35.7. The molecule has 0 aliphatic carbocycles. The Morgan fingerprint density at radius 2 is 1.61 bits per heavy atom. The van der Waals surface area contributed by atoms with E-state index in [1.54, 1.807) is 32.5 Å². The van der Waals surface area contributed by atoms with Crippen LogP contribution in [0, 0.1) is 6.92 Å². The number of carbonyl (C=O) groups is 3. The molecule has 0 unspecified atom stereocenters. The van der Waals surface area contributed by atoms with E-state index in [9.17, 15) is 14.4 Å². The van der Waals surface area contributed by atoms with E-state index in [0.717, 1.165) is 35.1 Å². The van der Waals surface area contributed by atoms with Crippen LogP contribution < -0.4 is 36.1 Å². The molecule has 2 atom stereocenters. The van der Waals surface area contributed by atoms with Gasteiger partial charge in [-0.05, 0) is 49.6 Å². The molecule has 0 spiro atoms. The molecule has 5 heterocycles. The van der Waals surface area contributed by atoms with Gasteiger partial charge >= 0.3 is 0 Å². The monoisotopic (exact) mass is 712 g/mol. The van der Waals surface area contributed by atoms with Crippen molar-refractivity contribution in [3.05, 3.63) is 82.3 Å². The number of halogens is 1. The van der Waals surface area contributed by atoms with Gasteiger partial charge in [0.15, 0.2) is 0 Å². The highest BCUT2D eigenvalue weighted by Gasteiger charge is 2.22. The Morgan fingerprint density at radius 3 is 2.25 bits per heavy atom. The lowest BCUT2D eigenvalue weighted by atomic mass is 10.0. The molecule has 2 aliphatic rings. The van der Waals surface area contributed by atoms with Crippen LogP contribution in [0.2, 0.25) is 5.02 Å². The number of anilines is 1. The van der Waals surface area contributed by atoms with E-state index in [-0.39, 0.29) is 35.5 Å². The minimum absolute atomic E-state index is 0.0634. The van der Waals surface area contributed by atoms with Crippen molar-refractivity contribution in [3.8, 4) is 34.1 Å². The summed E-state index contributed by atoms with van der Waals surface area (Å²) in [5.41, 5.74) is 5.84. The van der Waals surface area contributed by atoms with Crippen LogP contribution in [0.5, 0.6) is 11.6 Å². The molecule has 14 heteroatoms. The fourth-order valence-electron chi connectivity index (χ4n) is 6.33. The molecule has 3 amide bonds. The molecule has 5 N–H and O–H groups in total. The molecule has 51 heavy (non-hydrogen) atoms. The lowest BCUT2D eigenvalue weighted by Crippen LogP contribution is -2.35. The number of hydrogen-bond acceptors (Lipinski definition) is 10. The van der Waals surface area contributed by atoms with Gasteiger partial charge in [0, 0.05) is 85.2 Å². The summed E-state index contributed by atoms with van der Waals surface area (Å²) in [6.07, 6.45) is 5.92. The van der Waals surface area contributed by atoms with Gasteiger partial charge in [-0.3, -0.25) is 19.4 Å². The zero-order valence-electron chi connectivity index (χ0n) is 28.8. The summed E-state index contributed by atoms with van der Waals surface area (Å²) < 4.78 is 11.1. The number of benzene rings is 1. The Kier molecular flexibility index (Phi) is 11.4. The summed E-state index contributed by atoms with van der Waals surface area (Å²) in [7, 11) is 3.13. The number of amides is 3. The van der Waals surface area contributed by atoms with Crippen molar-refractivity contribution in [2.24, 2.45) is 0 Å². The minimum atomic E-state index is -0.381. The number of pyridine rings is 3. The van der Waals surface area contributed by atoms with Crippen LogP contribution in [0.15, 0.2) is 54.9 Å². The van der Waals surface area contributed by atoms with E-state index in [1.807, 2.05) is 37.3 Å². The molecule has 1 aromatic carbocycles. The van der Waals surface area contributed by atoms with Crippen molar-refractivity contribution in [2.45, 2.75) is 57.8 Å². The fraction of sp³-hybridized carbons (Fsp3) is 0.351. The standard InChI is InChI=1S/C37H41ClN8O5/c1-21-26(5-4-6-28(21)45-36(49)30-15-23(31(50-2)20-42-30)17-40-19-25-9-12-33(48)44-25)35-34(38)27(13-14-41-35)29-10-7-22(37(46-29)51-3)16-39-18-24-8-11-32(47)43-24/h4-7,10,13-15,20,24-25,39-40H,8-9,11-12,16-19H2,1-3H3,(H,43,47)(H,44,48)(H,45,49)/t24-,25+/m0/s1. The summed E-state index contributed by atoms with van der Waals surface area (Å²) in [6, 6.07) is 13.1. The van der Waals surface area contributed by atoms with Crippen molar-refractivity contribution in [1.29, 1.82) is 0 Å². The Balaban J connectivity index is 1.16. The molecule has 4 aromatic rings. The molecule has 0 saturated carbocycles. The van der Waals surface area contributed by atoms with Gasteiger partial charge in [-0.1, -0.05) is 29.8 Å². The predicted octanol–water partition coefficient (Wildman–Crippen LogP) is 4.17. The van der Waals surface area contributed by atoms with Gasteiger partial charge in [-0.15, -0.1) is 0 Å². The molecule has 6 rings (SSSR count). The zero-order valence-corrected chi connectivity index (χ0v) is 29.5. The Morgan fingerprint density at radius 1 is 0.902 bits per heavy atom. The molecule has 0 bridgehead atoms. The number of nitrogens with zero attached hydrogens (tertiary/aromatic N) is 3. The molecule has 2 aliphatic heterocycles. The average Bonchev–Trinajstić information content (AvgIpc) is 3.76. The third kappa shape index (κ3) is 8.44. The van der Waals surface area contributed by atoms with Crippen LogP contribution in [0.1, 0.15) is 52.9 Å². The van der Waals surface area contributed by atoms with Crippen molar-refractivity contribution in [1.82, 2.24) is 36.2 Å². The number of hydrogen-bond donors (Lipinski definition) is 5. The van der Waals surface area contributed by atoms with E-state index in [1.165, 1.54) is 6.20 Å². The van der Waals surface area contributed by atoms with E-state index >= 15 is 0 Å². The maximum absolute atomic E-state index is 13.5. The lowest BCUT2D eigenvalue weighted by molar-refractivity contribution is -0.120. The van der Waals surface area contributed by atoms with Crippen LogP contribution >= 0.6 is 11.6 Å². The molecule has 13 nitrogen and oxygen atoms in total. The maximum Gasteiger partial charge on any atom is 0.274 e. The fourth-order valence-corrected chi connectivity index (χ4v) is 6.64. The summed E-state index contributed by atoms with van der Waals surface area (Å²) in [6.45, 7) is 4.14. The maximum atomic E-state index is 13.5. The quantitative estimate of drug-likeness (QED) is 0.128. The number of ether oxygens (including phenoxy) is 2. The van der Waals surface area contributed by atoms with Gasteiger partial charge in [-0.25, -0.2) is 9.97 Å². The van der Waals surface area contributed by atoms with E-state index in [2.05, 4.69) is 36.6 Å². The summed E-state index contributed by atoms with van der Waals surface area (Å²) in [5, 5.41) is 16.0. The van der Waals surface area contributed by atoms with E-state index in [4.69, 9.17) is 26.1 Å². The van der Waals surface area contributed by atoms with Crippen LogP contribution in [0.25, 0.3) is 22.5 Å². The van der Waals surface area contributed by atoms with Gasteiger partial charge in [0.05, 0.1) is 36.8 Å². The Labute approximate surface area is 301 Å². The summed E-state index contributed by atoms with van der Waals surface area (Å²) in [4.78, 5) is 50.2. The normalized spacial score (nSPS) is 16.9. The first-order valence-electron chi connectivity index (χ1n) is 16.9. The molecule has 266 valence electrons. The third-order valence-electron chi connectivity index (χ3n) is 9.12.